The van der Waals surface area contributed by atoms with Crippen molar-refractivity contribution in [1.29, 1.82) is 0 Å². The monoisotopic (exact) mass is 276 g/mol. The lowest BCUT2D eigenvalue weighted by atomic mass is 10.1. The van der Waals surface area contributed by atoms with Gasteiger partial charge in [0.15, 0.2) is 0 Å². The van der Waals surface area contributed by atoms with E-state index in [0.29, 0.717) is 22.9 Å². The third kappa shape index (κ3) is 3.48. The van der Waals surface area contributed by atoms with Crippen LogP contribution in [0.25, 0.3) is 0 Å². The molecule has 0 unspecified atom stereocenters. The molecule has 0 atom stereocenters. The fourth-order valence-corrected chi connectivity index (χ4v) is 1.77. The third-order valence-corrected chi connectivity index (χ3v) is 2.92. The highest BCUT2D eigenvalue weighted by atomic mass is 35.5. The summed E-state index contributed by atoms with van der Waals surface area (Å²) in [6.45, 7) is 0.394. The maximum atomic E-state index is 11.3. The van der Waals surface area contributed by atoms with Crippen molar-refractivity contribution in [2.45, 2.75) is 6.61 Å². The van der Waals surface area contributed by atoms with Crippen LogP contribution in [0.3, 0.4) is 0 Å². The molecule has 0 amide bonds. The molecule has 2 aromatic rings. The Hall–Kier alpha value is -2.00. The molecule has 0 fully saturated rings. The first-order chi connectivity index (χ1) is 9.20. The molecule has 98 valence electrons. The normalized spacial score (nSPS) is 10.0. The van der Waals surface area contributed by atoms with Crippen molar-refractivity contribution < 1.29 is 14.3 Å². The van der Waals surface area contributed by atoms with Crippen LogP contribution in [0.5, 0.6) is 5.75 Å². The van der Waals surface area contributed by atoms with Crippen LogP contribution in [-0.4, -0.2) is 13.1 Å². The Morgan fingerprint density at radius 3 is 2.42 bits per heavy atom. The van der Waals surface area contributed by atoms with E-state index in [9.17, 15) is 4.79 Å². The van der Waals surface area contributed by atoms with Gasteiger partial charge in [-0.2, -0.15) is 0 Å². The summed E-state index contributed by atoms with van der Waals surface area (Å²) in [5.74, 6) is 0.291. The van der Waals surface area contributed by atoms with Crippen LogP contribution < -0.4 is 4.74 Å². The van der Waals surface area contributed by atoms with Crippen molar-refractivity contribution in [1.82, 2.24) is 0 Å². The molecule has 0 radical (unpaired) electrons. The van der Waals surface area contributed by atoms with Crippen molar-refractivity contribution in [2.24, 2.45) is 0 Å². The number of methoxy groups -OCH3 is 1. The van der Waals surface area contributed by atoms with Gasteiger partial charge < -0.3 is 9.47 Å². The third-order valence-electron chi connectivity index (χ3n) is 2.61. The SMILES string of the molecule is COC(=O)c1ccc(COc2ccccc2Cl)cc1. The summed E-state index contributed by atoms with van der Waals surface area (Å²) in [7, 11) is 1.36. The summed E-state index contributed by atoms with van der Waals surface area (Å²) < 4.78 is 10.2. The topological polar surface area (TPSA) is 35.5 Å². The van der Waals surface area contributed by atoms with E-state index in [1.54, 1.807) is 18.2 Å². The van der Waals surface area contributed by atoms with E-state index in [2.05, 4.69) is 4.74 Å². The molecule has 0 aliphatic rings. The van der Waals surface area contributed by atoms with Gasteiger partial charge in [0.1, 0.15) is 12.4 Å². The first-order valence-electron chi connectivity index (χ1n) is 5.75. The van der Waals surface area contributed by atoms with Crippen molar-refractivity contribution in [3.63, 3.8) is 0 Å². The molecule has 0 bridgehead atoms. The maximum Gasteiger partial charge on any atom is 0.337 e. The zero-order valence-corrected chi connectivity index (χ0v) is 11.2. The van der Waals surface area contributed by atoms with Crippen molar-refractivity contribution in [2.75, 3.05) is 7.11 Å². The number of hydrogen-bond donors (Lipinski definition) is 0. The van der Waals surface area contributed by atoms with Gasteiger partial charge in [0.05, 0.1) is 17.7 Å². The van der Waals surface area contributed by atoms with Crippen LogP contribution in [0.4, 0.5) is 0 Å². The smallest absolute Gasteiger partial charge is 0.337 e. The minimum absolute atomic E-state index is 0.349. The zero-order valence-electron chi connectivity index (χ0n) is 10.4. The maximum absolute atomic E-state index is 11.3. The van der Waals surface area contributed by atoms with Gasteiger partial charge in [-0.3, -0.25) is 0 Å². The second-order valence-electron chi connectivity index (χ2n) is 3.91. The van der Waals surface area contributed by atoms with E-state index >= 15 is 0 Å². The number of benzene rings is 2. The summed E-state index contributed by atoms with van der Waals surface area (Å²) >= 11 is 5.99. The number of carbonyl (C=O) groups excluding carboxylic acids is 1. The molecule has 3 nitrogen and oxygen atoms in total. The van der Waals surface area contributed by atoms with Gasteiger partial charge in [-0.1, -0.05) is 35.9 Å². The average Bonchev–Trinajstić information content (AvgIpc) is 2.46. The molecule has 0 aromatic heterocycles. The van der Waals surface area contributed by atoms with Crippen molar-refractivity contribution in [3.8, 4) is 5.75 Å². The average molecular weight is 277 g/mol. The Morgan fingerprint density at radius 2 is 1.79 bits per heavy atom. The highest BCUT2D eigenvalue weighted by Gasteiger charge is 2.05. The molecule has 4 heteroatoms. The second-order valence-corrected chi connectivity index (χ2v) is 4.31. The summed E-state index contributed by atoms with van der Waals surface area (Å²) in [5, 5.41) is 0.577. The van der Waals surface area contributed by atoms with E-state index in [4.69, 9.17) is 16.3 Å². The lowest BCUT2D eigenvalue weighted by molar-refractivity contribution is 0.0600. The zero-order chi connectivity index (χ0) is 13.7. The fourth-order valence-electron chi connectivity index (χ4n) is 1.58. The number of rotatable bonds is 4. The standard InChI is InChI=1S/C15H13ClO3/c1-18-15(17)12-8-6-11(7-9-12)10-19-14-5-3-2-4-13(14)16/h2-9H,10H2,1H3. The van der Waals surface area contributed by atoms with Crippen LogP contribution >= 0.6 is 11.6 Å². The van der Waals surface area contributed by atoms with Crippen LogP contribution in [-0.2, 0) is 11.3 Å². The fraction of sp³-hybridized carbons (Fsp3) is 0.133. The van der Waals surface area contributed by atoms with Crippen molar-refractivity contribution in [3.05, 3.63) is 64.7 Å². The van der Waals surface area contributed by atoms with Crippen LogP contribution in [0, 0.1) is 0 Å². The molecule has 2 rings (SSSR count). The highest BCUT2D eigenvalue weighted by molar-refractivity contribution is 6.32. The van der Waals surface area contributed by atoms with Gasteiger partial charge in [-0.15, -0.1) is 0 Å². The van der Waals surface area contributed by atoms with Gasteiger partial charge in [-0.05, 0) is 29.8 Å². The number of ether oxygens (including phenoxy) is 2. The summed E-state index contributed by atoms with van der Waals surface area (Å²) in [5.41, 5.74) is 1.47. The van der Waals surface area contributed by atoms with Crippen molar-refractivity contribution >= 4 is 17.6 Å². The molecular weight excluding hydrogens is 264 g/mol. The first-order valence-corrected chi connectivity index (χ1v) is 6.13. The molecule has 19 heavy (non-hydrogen) atoms. The highest BCUT2D eigenvalue weighted by Crippen LogP contribution is 2.24. The Kier molecular flexibility index (Phi) is 4.42. The lowest BCUT2D eigenvalue weighted by Crippen LogP contribution is -2.02. The van der Waals surface area contributed by atoms with Crippen LogP contribution in [0.1, 0.15) is 15.9 Å². The Morgan fingerprint density at radius 1 is 1.11 bits per heavy atom. The van der Waals surface area contributed by atoms with Gasteiger partial charge in [0.2, 0.25) is 0 Å². The summed E-state index contributed by atoms with van der Waals surface area (Å²) in [4.78, 5) is 11.3. The minimum atomic E-state index is -0.349. The van der Waals surface area contributed by atoms with E-state index in [1.165, 1.54) is 7.11 Å². The number of esters is 1. The van der Waals surface area contributed by atoms with E-state index in [-0.39, 0.29) is 5.97 Å². The minimum Gasteiger partial charge on any atom is -0.487 e. The molecule has 0 N–H and O–H groups in total. The molecule has 0 saturated heterocycles. The predicted molar refractivity (Wildman–Crippen MR) is 73.6 cm³/mol. The van der Waals surface area contributed by atoms with Crippen LogP contribution in [0.15, 0.2) is 48.5 Å². The Balaban J connectivity index is 2.01. The molecule has 0 aliphatic carbocycles. The quantitative estimate of drug-likeness (QED) is 0.799. The predicted octanol–water partition coefficient (Wildman–Crippen LogP) is 3.71. The number of carbonyl (C=O) groups is 1. The molecule has 0 saturated carbocycles. The Labute approximate surface area is 116 Å². The number of hydrogen-bond acceptors (Lipinski definition) is 3. The van der Waals surface area contributed by atoms with Gasteiger partial charge in [-0.25, -0.2) is 4.79 Å². The largest absolute Gasteiger partial charge is 0.487 e. The summed E-state index contributed by atoms with van der Waals surface area (Å²) in [6.07, 6.45) is 0. The second kappa shape index (κ2) is 6.25. The van der Waals surface area contributed by atoms with Crippen LogP contribution in [0.2, 0.25) is 5.02 Å². The van der Waals surface area contributed by atoms with Gasteiger partial charge in [0, 0.05) is 0 Å². The first kappa shape index (κ1) is 13.4. The number of halogens is 1. The summed E-state index contributed by atoms with van der Waals surface area (Å²) in [6, 6.07) is 14.4. The lowest BCUT2D eigenvalue weighted by Gasteiger charge is -2.08. The molecular formula is C15H13ClO3. The van der Waals surface area contributed by atoms with Gasteiger partial charge in [0.25, 0.3) is 0 Å². The molecule has 0 spiro atoms. The number of para-hydroxylation sites is 1. The van der Waals surface area contributed by atoms with E-state index < -0.39 is 0 Å². The van der Waals surface area contributed by atoms with E-state index in [0.717, 1.165) is 5.56 Å². The molecule has 0 heterocycles. The van der Waals surface area contributed by atoms with Gasteiger partial charge >= 0.3 is 5.97 Å². The van der Waals surface area contributed by atoms with E-state index in [1.807, 2.05) is 30.3 Å². The molecule has 2 aromatic carbocycles. The Bertz CT molecular complexity index is 564. The molecule has 0 aliphatic heterocycles.